The second kappa shape index (κ2) is 8.97. The van der Waals surface area contributed by atoms with Gasteiger partial charge in [-0.05, 0) is 0 Å². The molecule has 0 aliphatic carbocycles. The molecule has 3 aromatic rings. The van der Waals surface area contributed by atoms with Crippen LogP contribution in [0.15, 0.2) is 46.4 Å². The fourth-order valence-corrected chi connectivity index (χ4v) is 3.99. The van der Waals surface area contributed by atoms with Crippen LogP contribution in [0.5, 0.6) is 0 Å². The van der Waals surface area contributed by atoms with Gasteiger partial charge >= 0.3 is 5.97 Å². The fraction of sp³-hybridized carbons (Fsp3) is 0.409. The fourth-order valence-electron chi connectivity index (χ4n) is 3.99. The summed E-state index contributed by atoms with van der Waals surface area (Å²) >= 11 is 0. The van der Waals surface area contributed by atoms with Gasteiger partial charge in [-0.15, -0.1) is 0 Å². The number of carbonyl (C=O) groups is 1. The third-order valence-electron chi connectivity index (χ3n) is 5.47. The molecular weight excluding hydrogens is 444 g/mol. The predicted molar refractivity (Wildman–Crippen MR) is 119 cm³/mol. The zero-order valence-electron chi connectivity index (χ0n) is 18.8. The molecule has 1 N–H and O–H groups in total. The lowest BCUT2D eigenvalue weighted by molar-refractivity contribution is -0.165. The van der Waals surface area contributed by atoms with Crippen molar-refractivity contribution in [1.82, 2.24) is 24.4 Å². The van der Waals surface area contributed by atoms with E-state index in [0.29, 0.717) is 5.65 Å². The first-order chi connectivity index (χ1) is 16.4. The molecule has 34 heavy (non-hydrogen) atoms. The summed E-state index contributed by atoms with van der Waals surface area (Å²) in [7, 11) is 3.61. The molecular formula is C22H24N6O6. The van der Waals surface area contributed by atoms with Crippen molar-refractivity contribution in [2.24, 2.45) is 4.99 Å². The standard InChI is InChI=1S/C22H24N6O6/c1-12(29)31-9-14-16-17(34-21(33-16)13-7-5-4-6-8-13)20(32-14)28-11-23-15-18(28)25-22(26-19(15)30)24-10-27(2)3/h4-8,10-11,14,16-17,20-21H,9H2,1-3H3,(H,25,26,30)/b24-10+/t14-,16-,17-,20-,21?/m1/s1. The molecule has 0 amide bonds. The normalized spacial score (nSPS) is 26.3. The minimum atomic E-state index is -0.718. The number of hydrogen-bond acceptors (Lipinski definition) is 9. The van der Waals surface area contributed by atoms with E-state index in [2.05, 4.69) is 19.9 Å². The molecule has 1 unspecified atom stereocenters. The lowest BCUT2D eigenvalue weighted by atomic mass is 10.1. The highest BCUT2D eigenvalue weighted by Crippen LogP contribution is 2.44. The molecule has 0 spiro atoms. The number of benzene rings is 1. The van der Waals surface area contributed by atoms with Crippen molar-refractivity contribution in [1.29, 1.82) is 0 Å². The first kappa shape index (κ1) is 22.2. The Bertz CT molecular complexity index is 1270. The molecule has 2 aliphatic rings. The Morgan fingerprint density at radius 2 is 2.00 bits per heavy atom. The van der Waals surface area contributed by atoms with Gasteiger partial charge < -0.3 is 23.8 Å². The van der Waals surface area contributed by atoms with Crippen molar-refractivity contribution >= 4 is 29.4 Å². The number of imidazole rings is 1. The van der Waals surface area contributed by atoms with E-state index in [9.17, 15) is 9.59 Å². The number of ether oxygens (including phenoxy) is 4. The maximum absolute atomic E-state index is 12.6. The largest absolute Gasteiger partial charge is 0.463 e. The van der Waals surface area contributed by atoms with E-state index in [1.807, 2.05) is 30.3 Å². The first-order valence-electron chi connectivity index (χ1n) is 10.7. The molecule has 2 aliphatic heterocycles. The summed E-state index contributed by atoms with van der Waals surface area (Å²) in [6, 6.07) is 9.52. The Morgan fingerprint density at radius 3 is 2.74 bits per heavy atom. The number of hydrogen-bond donors (Lipinski definition) is 1. The summed E-state index contributed by atoms with van der Waals surface area (Å²) in [5, 5.41) is 0. The number of H-pyrrole nitrogens is 1. The number of nitrogens with zero attached hydrogens (tertiary/aromatic N) is 5. The molecule has 0 saturated carbocycles. The number of fused-ring (bicyclic) bond motifs is 2. The third-order valence-corrected chi connectivity index (χ3v) is 5.47. The van der Waals surface area contributed by atoms with Crippen LogP contribution in [0.25, 0.3) is 11.2 Å². The zero-order chi connectivity index (χ0) is 23.8. The molecule has 2 fully saturated rings. The van der Waals surface area contributed by atoms with E-state index < -0.39 is 42.4 Å². The first-order valence-corrected chi connectivity index (χ1v) is 10.7. The van der Waals surface area contributed by atoms with Crippen LogP contribution in [-0.4, -0.2) is 75.7 Å². The molecule has 2 aromatic heterocycles. The second-order valence-corrected chi connectivity index (χ2v) is 8.23. The van der Waals surface area contributed by atoms with Gasteiger partial charge in [0.2, 0.25) is 5.95 Å². The summed E-state index contributed by atoms with van der Waals surface area (Å²) in [5.41, 5.74) is 0.864. The summed E-state index contributed by atoms with van der Waals surface area (Å²) in [6.45, 7) is 1.33. The van der Waals surface area contributed by atoms with Gasteiger partial charge in [-0.1, -0.05) is 30.3 Å². The molecule has 2 saturated heterocycles. The molecule has 4 heterocycles. The average molecular weight is 468 g/mol. The molecule has 0 bridgehead atoms. The van der Waals surface area contributed by atoms with Gasteiger partial charge in [0, 0.05) is 26.6 Å². The van der Waals surface area contributed by atoms with Crippen LogP contribution < -0.4 is 5.56 Å². The van der Waals surface area contributed by atoms with Gasteiger partial charge in [0.05, 0.1) is 12.7 Å². The van der Waals surface area contributed by atoms with Gasteiger partial charge in [-0.25, -0.2) is 9.98 Å². The third kappa shape index (κ3) is 4.18. The number of nitrogens with one attached hydrogen (secondary N) is 1. The summed E-state index contributed by atoms with van der Waals surface area (Å²) < 4.78 is 25.4. The van der Waals surface area contributed by atoms with Crippen molar-refractivity contribution < 1.29 is 23.7 Å². The van der Waals surface area contributed by atoms with Gasteiger partial charge in [-0.2, -0.15) is 4.98 Å². The molecule has 5 atom stereocenters. The minimum Gasteiger partial charge on any atom is -0.463 e. The highest BCUT2D eigenvalue weighted by atomic mass is 16.8. The van der Waals surface area contributed by atoms with Crippen LogP contribution in [0.4, 0.5) is 5.95 Å². The lowest BCUT2D eigenvalue weighted by Gasteiger charge is -2.21. The van der Waals surface area contributed by atoms with E-state index in [-0.39, 0.29) is 18.1 Å². The number of aromatic nitrogens is 4. The molecule has 12 nitrogen and oxygen atoms in total. The zero-order valence-corrected chi connectivity index (χ0v) is 18.8. The van der Waals surface area contributed by atoms with E-state index >= 15 is 0 Å². The molecule has 0 radical (unpaired) electrons. The van der Waals surface area contributed by atoms with E-state index in [1.165, 1.54) is 19.6 Å². The summed E-state index contributed by atoms with van der Waals surface area (Å²) in [4.78, 5) is 41.2. The van der Waals surface area contributed by atoms with E-state index in [4.69, 9.17) is 18.9 Å². The van der Waals surface area contributed by atoms with Crippen LogP contribution in [0.1, 0.15) is 25.0 Å². The van der Waals surface area contributed by atoms with Gasteiger partial charge in [-0.3, -0.25) is 19.1 Å². The Hall–Kier alpha value is -3.61. The van der Waals surface area contributed by atoms with Gasteiger partial charge in [0.15, 0.2) is 23.7 Å². The van der Waals surface area contributed by atoms with Crippen LogP contribution >= 0.6 is 0 Å². The second-order valence-electron chi connectivity index (χ2n) is 8.23. The smallest absolute Gasteiger partial charge is 0.302 e. The average Bonchev–Trinajstić information content (AvgIpc) is 3.51. The van der Waals surface area contributed by atoms with Crippen molar-refractivity contribution in [3.63, 3.8) is 0 Å². The highest BCUT2D eigenvalue weighted by molar-refractivity contribution is 5.71. The maximum Gasteiger partial charge on any atom is 0.302 e. The maximum atomic E-state index is 12.6. The monoisotopic (exact) mass is 468 g/mol. The Kier molecular flexibility index (Phi) is 5.86. The van der Waals surface area contributed by atoms with Crippen LogP contribution in [0, 0.1) is 0 Å². The van der Waals surface area contributed by atoms with E-state index in [0.717, 1.165) is 5.56 Å². The number of aliphatic imine (C=N–C) groups is 1. The Morgan fingerprint density at radius 1 is 1.24 bits per heavy atom. The summed E-state index contributed by atoms with van der Waals surface area (Å²) in [5.74, 6) is -0.295. The van der Waals surface area contributed by atoms with E-state index in [1.54, 1.807) is 23.6 Å². The molecule has 1 aromatic carbocycles. The van der Waals surface area contributed by atoms with Crippen molar-refractivity contribution in [2.45, 2.75) is 37.8 Å². The Labute approximate surface area is 194 Å². The predicted octanol–water partition coefficient (Wildman–Crippen LogP) is 1.28. The minimum absolute atomic E-state index is 0.00309. The SMILES string of the molecule is CC(=O)OC[C@H]1O[C@@H](n2cnc3c(=O)[nH]c(/N=C/N(C)C)nc32)[C@@H]2OC(c3ccccc3)O[C@@H]21. The van der Waals surface area contributed by atoms with Crippen molar-refractivity contribution in [3.8, 4) is 0 Å². The number of carbonyl (C=O) groups excluding carboxylic acids is 1. The topological polar surface area (TPSA) is 133 Å². The number of esters is 1. The van der Waals surface area contributed by atoms with Crippen molar-refractivity contribution in [2.75, 3.05) is 20.7 Å². The number of aromatic amines is 1. The molecule has 12 heteroatoms. The van der Waals surface area contributed by atoms with Crippen molar-refractivity contribution in [3.05, 3.63) is 52.6 Å². The molecule has 178 valence electrons. The molecule has 5 rings (SSSR count). The summed E-state index contributed by atoms with van der Waals surface area (Å²) in [6.07, 6.45) is 0.0108. The van der Waals surface area contributed by atoms with Gasteiger partial charge in [0.25, 0.3) is 5.56 Å². The Balaban J connectivity index is 1.50. The van der Waals surface area contributed by atoms with Crippen LogP contribution in [0.2, 0.25) is 0 Å². The quantitative estimate of drug-likeness (QED) is 0.323. The van der Waals surface area contributed by atoms with Gasteiger partial charge in [0.1, 0.15) is 24.9 Å². The number of rotatable bonds is 6. The highest BCUT2D eigenvalue weighted by Gasteiger charge is 2.54. The van der Waals surface area contributed by atoms with Crippen LogP contribution in [-0.2, 0) is 23.7 Å². The van der Waals surface area contributed by atoms with Crippen LogP contribution in [0.3, 0.4) is 0 Å². The lowest BCUT2D eigenvalue weighted by Crippen LogP contribution is -2.32.